The maximum absolute atomic E-state index is 3.24. The second-order valence-corrected chi connectivity index (χ2v) is 12.1. The molecule has 33 heavy (non-hydrogen) atoms. The first-order chi connectivity index (χ1) is 15.4. The van der Waals surface area contributed by atoms with Crippen LogP contribution in [-0.4, -0.2) is 19.8 Å². The molecule has 0 bridgehead atoms. The highest BCUT2D eigenvalue weighted by Crippen LogP contribution is 2.55. The zero-order chi connectivity index (χ0) is 21.6. The lowest BCUT2D eigenvalue weighted by Crippen LogP contribution is -3.00. The summed E-state index contributed by atoms with van der Waals surface area (Å²) < 4.78 is 0. The fraction of sp³-hybridized carbons (Fsp3) is 0.379. The standard InChI is InChI=1S/C29H39NP.2ClH/c1-30-25-17-6-4-2-3-5-7-18-26-31(27-19-11-8-12-20-27,28-21-13-9-14-22-28)29-23-15-10-16-24-29;;/h8-16,19-24,30H,2-7,17-18,25-26H2,1H3;2*1H/q+1;;/p-1. The Morgan fingerprint density at radius 2 is 0.848 bits per heavy atom. The van der Waals surface area contributed by atoms with Crippen LogP contribution in [0.4, 0.5) is 0 Å². The molecule has 0 aromatic heterocycles. The van der Waals surface area contributed by atoms with Crippen LogP contribution in [0, 0.1) is 0 Å². The van der Waals surface area contributed by atoms with Crippen molar-refractivity contribution in [3.63, 3.8) is 0 Å². The molecule has 3 aromatic carbocycles. The Morgan fingerprint density at radius 1 is 0.515 bits per heavy atom. The molecule has 4 heteroatoms. The maximum atomic E-state index is 3.24. The zero-order valence-corrected chi connectivity index (χ0v) is 22.4. The normalized spacial score (nSPS) is 10.8. The van der Waals surface area contributed by atoms with Gasteiger partial charge in [0.1, 0.15) is 23.2 Å². The minimum atomic E-state index is -1.63. The summed E-state index contributed by atoms with van der Waals surface area (Å²) in [6, 6.07) is 33.9. The summed E-state index contributed by atoms with van der Waals surface area (Å²) in [4.78, 5) is 0. The Morgan fingerprint density at radius 3 is 1.21 bits per heavy atom. The molecule has 0 atom stereocenters. The highest BCUT2D eigenvalue weighted by molar-refractivity contribution is 7.95. The minimum Gasteiger partial charge on any atom is -1.00 e. The van der Waals surface area contributed by atoms with Crippen molar-refractivity contribution in [2.75, 3.05) is 19.8 Å². The van der Waals surface area contributed by atoms with Crippen molar-refractivity contribution in [1.82, 2.24) is 5.32 Å². The second kappa shape index (κ2) is 17.1. The van der Waals surface area contributed by atoms with E-state index in [1.165, 1.54) is 73.4 Å². The van der Waals surface area contributed by atoms with E-state index in [4.69, 9.17) is 0 Å². The van der Waals surface area contributed by atoms with Gasteiger partial charge in [0.15, 0.2) is 0 Å². The van der Waals surface area contributed by atoms with Gasteiger partial charge >= 0.3 is 0 Å². The van der Waals surface area contributed by atoms with Gasteiger partial charge in [-0.15, -0.1) is 12.4 Å². The average molecular weight is 505 g/mol. The van der Waals surface area contributed by atoms with E-state index in [0.29, 0.717) is 0 Å². The largest absolute Gasteiger partial charge is 1.00 e. The monoisotopic (exact) mass is 503 g/mol. The third-order valence-electron chi connectivity index (χ3n) is 6.26. The van der Waals surface area contributed by atoms with Crippen LogP contribution >= 0.6 is 19.7 Å². The van der Waals surface area contributed by atoms with Gasteiger partial charge in [0.05, 0.1) is 6.16 Å². The minimum absolute atomic E-state index is 0. The molecule has 0 radical (unpaired) electrons. The molecule has 1 N–H and O–H groups in total. The van der Waals surface area contributed by atoms with Crippen molar-refractivity contribution < 1.29 is 12.4 Å². The third-order valence-corrected chi connectivity index (χ3v) is 10.8. The molecule has 3 aromatic rings. The van der Waals surface area contributed by atoms with Crippen LogP contribution in [0.5, 0.6) is 0 Å². The third kappa shape index (κ3) is 8.73. The SMILES string of the molecule is CNCCCCCCCCCC[P+](c1ccccc1)(c1ccccc1)c1ccccc1.Cl.[Cl-]. The van der Waals surface area contributed by atoms with Gasteiger partial charge in [-0.25, -0.2) is 0 Å². The van der Waals surface area contributed by atoms with Gasteiger partial charge in [0.25, 0.3) is 0 Å². The number of benzene rings is 3. The number of halogens is 2. The second-order valence-electron chi connectivity index (χ2n) is 8.47. The van der Waals surface area contributed by atoms with Gasteiger partial charge in [-0.1, -0.05) is 86.7 Å². The number of hydrogen-bond donors (Lipinski definition) is 1. The van der Waals surface area contributed by atoms with Crippen LogP contribution in [0.15, 0.2) is 91.0 Å². The molecule has 0 aliphatic carbocycles. The molecule has 0 aliphatic rings. The van der Waals surface area contributed by atoms with Gasteiger partial charge in [-0.2, -0.15) is 0 Å². The van der Waals surface area contributed by atoms with Gasteiger partial charge in [0.2, 0.25) is 0 Å². The summed E-state index contributed by atoms with van der Waals surface area (Å²) in [6.07, 6.45) is 12.1. The molecule has 0 heterocycles. The van der Waals surface area contributed by atoms with E-state index in [0.717, 1.165) is 6.54 Å². The van der Waals surface area contributed by atoms with E-state index in [9.17, 15) is 0 Å². The van der Waals surface area contributed by atoms with Crippen LogP contribution in [0.2, 0.25) is 0 Å². The van der Waals surface area contributed by atoms with Crippen LogP contribution in [0.1, 0.15) is 51.4 Å². The van der Waals surface area contributed by atoms with Crippen molar-refractivity contribution in [3.05, 3.63) is 91.0 Å². The Balaban J connectivity index is 0.00000272. The van der Waals surface area contributed by atoms with E-state index in [1.54, 1.807) is 0 Å². The summed E-state index contributed by atoms with van der Waals surface area (Å²) in [5.74, 6) is 0. The van der Waals surface area contributed by atoms with Crippen molar-refractivity contribution in [2.24, 2.45) is 0 Å². The molecule has 0 amide bonds. The number of rotatable bonds is 14. The van der Waals surface area contributed by atoms with Gasteiger partial charge in [-0.3, -0.25) is 0 Å². The molecule has 0 saturated carbocycles. The van der Waals surface area contributed by atoms with E-state index < -0.39 is 7.26 Å². The van der Waals surface area contributed by atoms with Gasteiger partial charge < -0.3 is 17.7 Å². The fourth-order valence-corrected chi connectivity index (χ4v) is 9.00. The average Bonchev–Trinajstić information content (AvgIpc) is 2.84. The zero-order valence-electron chi connectivity index (χ0n) is 20.0. The van der Waals surface area contributed by atoms with E-state index in [1.807, 2.05) is 7.05 Å². The number of unbranched alkanes of at least 4 members (excludes halogenated alkanes) is 7. The smallest absolute Gasteiger partial charge is 0.112 e. The predicted octanol–water partition coefficient (Wildman–Crippen LogP) is 3.75. The van der Waals surface area contributed by atoms with Crippen LogP contribution in [0.3, 0.4) is 0 Å². The fourth-order valence-electron chi connectivity index (χ4n) is 4.59. The first-order valence-electron chi connectivity index (χ1n) is 12.1. The Bertz CT molecular complexity index is 747. The lowest BCUT2D eigenvalue weighted by Gasteiger charge is -2.27. The van der Waals surface area contributed by atoms with Crippen LogP contribution < -0.4 is 33.6 Å². The molecular weight excluding hydrogens is 464 g/mol. The van der Waals surface area contributed by atoms with Crippen molar-refractivity contribution in [1.29, 1.82) is 0 Å². The van der Waals surface area contributed by atoms with E-state index in [2.05, 4.69) is 96.3 Å². The number of hydrogen-bond acceptors (Lipinski definition) is 1. The lowest BCUT2D eigenvalue weighted by atomic mass is 10.1. The molecule has 0 spiro atoms. The van der Waals surface area contributed by atoms with Gasteiger partial charge in [0, 0.05) is 0 Å². The van der Waals surface area contributed by atoms with Crippen molar-refractivity contribution >= 4 is 35.6 Å². The van der Waals surface area contributed by atoms with E-state index >= 15 is 0 Å². The van der Waals surface area contributed by atoms with Crippen LogP contribution in [-0.2, 0) is 0 Å². The van der Waals surface area contributed by atoms with Gasteiger partial charge in [-0.05, 0) is 69.3 Å². The highest BCUT2D eigenvalue weighted by Gasteiger charge is 2.44. The lowest BCUT2D eigenvalue weighted by molar-refractivity contribution is -0.00000645. The molecule has 0 aliphatic heterocycles. The summed E-state index contributed by atoms with van der Waals surface area (Å²) in [6.45, 7) is 1.16. The molecule has 0 fully saturated rings. The molecule has 1 nitrogen and oxygen atoms in total. The molecule has 0 saturated heterocycles. The summed E-state index contributed by atoms with van der Waals surface area (Å²) in [7, 11) is 0.410. The first-order valence-corrected chi connectivity index (χ1v) is 14.0. The summed E-state index contributed by atoms with van der Waals surface area (Å²) in [5, 5.41) is 7.78. The quantitative estimate of drug-likeness (QED) is 0.261. The highest BCUT2D eigenvalue weighted by atomic mass is 35.5. The topological polar surface area (TPSA) is 12.0 Å². The Kier molecular flexibility index (Phi) is 15.4. The molecule has 3 rings (SSSR count). The van der Waals surface area contributed by atoms with E-state index in [-0.39, 0.29) is 24.8 Å². The first kappa shape index (κ1) is 29.7. The molecule has 0 unspecified atom stereocenters. The number of nitrogens with one attached hydrogen (secondary N) is 1. The predicted molar refractivity (Wildman–Crippen MR) is 148 cm³/mol. The maximum Gasteiger partial charge on any atom is 0.112 e. The van der Waals surface area contributed by atoms with Crippen LogP contribution in [0.25, 0.3) is 0 Å². The summed E-state index contributed by atoms with van der Waals surface area (Å²) in [5.41, 5.74) is 0. The molecular formula is C29H40Cl2NP. The van der Waals surface area contributed by atoms with Crippen molar-refractivity contribution in [3.8, 4) is 0 Å². The summed E-state index contributed by atoms with van der Waals surface area (Å²) >= 11 is 0. The Hall–Kier alpha value is -1.37. The molecule has 180 valence electrons. The Labute approximate surface area is 215 Å². The van der Waals surface area contributed by atoms with Crippen molar-refractivity contribution in [2.45, 2.75) is 51.4 Å².